The summed E-state index contributed by atoms with van der Waals surface area (Å²) in [6.45, 7) is -0.394. The van der Waals surface area contributed by atoms with E-state index >= 15 is 0 Å². The van der Waals surface area contributed by atoms with Crippen molar-refractivity contribution in [2.75, 3.05) is 5.32 Å². The largest absolute Gasteiger partial charge is 0.416 e. The Labute approximate surface area is 163 Å². The predicted octanol–water partition coefficient (Wildman–Crippen LogP) is 3.57. The van der Waals surface area contributed by atoms with E-state index in [9.17, 15) is 22.8 Å². The smallest absolute Gasteiger partial charge is 0.324 e. The van der Waals surface area contributed by atoms with E-state index in [2.05, 4.69) is 10.4 Å². The molecule has 3 aromatic rings. The van der Waals surface area contributed by atoms with Crippen LogP contribution < -0.4 is 11.0 Å². The number of carbonyl (C=O) groups excluding carboxylic acids is 1. The van der Waals surface area contributed by atoms with Gasteiger partial charge in [0, 0.05) is 11.6 Å². The van der Waals surface area contributed by atoms with E-state index < -0.39 is 29.9 Å². The first-order valence-corrected chi connectivity index (χ1v) is 9.05. The lowest BCUT2D eigenvalue weighted by Gasteiger charge is -2.09. The molecule has 0 aliphatic heterocycles. The first-order chi connectivity index (χ1) is 13.8. The fourth-order valence-corrected chi connectivity index (χ4v) is 3.06. The zero-order valence-corrected chi connectivity index (χ0v) is 15.2. The zero-order chi connectivity index (χ0) is 20.6. The Bertz CT molecular complexity index is 1100. The third-order valence-corrected chi connectivity index (χ3v) is 4.59. The van der Waals surface area contributed by atoms with E-state index in [1.807, 2.05) is 6.07 Å². The molecular weight excluding hydrogens is 385 g/mol. The number of nitrogens with zero attached hydrogens (tertiary/aromatic N) is 3. The summed E-state index contributed by atoms with van der Waals surface area (Å²) in [6, 6.07) is 13.3. The molecule has 1 heterocycles. The number of carbonyl (C=O) groups is 1. The number of amides is 1. The predicted molar refractivity (Wildman–Crippen MR) is 99.9 cm³/mol. The monoisotopic (exact) mass is 402 g/mol. The number of hydrogen-bond donors (Lipinski definition) is 1. The minimum Gasteiger partial charge on any atom is -0.324 e. The molecule has 1 fully saturated rings. The Morgan fingerprint density at radius 1 is 1.10 bits per heavy atom. The minimum atomic E-state index is -4.51. The van der Waals surface area contributed by atoms with Crippen LogP contribution in [-0.2, 0) is 17.5 Å². The molecule has 1 aliphatic carbocycles. The number of benzene rings is 2. The van der Waals surface area contributed by atoms with E-state index in [1.54, 1.807) is 24.3 Å². The van der Waals surface area contributed by atoms with Gasteiger partial charge in [-0.05, 0) is 43.2 Å². The van der Waals surface area contributed by atoms with Crippen LogP contribution in [0.2, 0.25) is 0 Å². The van der Waals surface area contributed by atoms with Crippen LogP contribution in [0.25, 0.3) is 5.69 Å². The highest BCUT2D eigenvalue weighted by molar-refractivity contribution is 5.90. The number of halogens is 3. The Kier molecular flexibility index (Phi) is 4.73. The fourth-order valence-electron chi connectivity index (χ4n) is 3.06. The van der Waals surface area contributed by atoms with Crippen LogP contribution in [0.4, 0.5) is 18.9 Å². The molecule has 4 rings (SSSR count). The first kappa shape index (κ1) is 19.0. The third kappa shape index (κ3) is 4.08. The van der Waals surface area contributed by atoms with Gasteiger partial charge in [0.15, 0.2) is 0 Å². The van der Waals surface area contributed by atoms with E-state index in [-0.39, 0.29) is 11.6 Å². The molecule has 0 unspecified atom stereocenters. The number of para-hydroxylation sites is 1. The summed E-state index contributed by atoms with van der Waals surface area (Å²) in [6.07, 6.45) is -2.68. The van der Waals surface area contributed by atoms with Crippen molar-refractivity contribution in [1.29, 1.82) is 0 Å². The molecule has 0 spiro atoms. The van der Waals surface area contributed by atoms with Crippen molar-refractivity contribution in [2.45, 2.75) is 31.5 Å². The molecule has 6 nitrogen and oxygen atoms in total. The standard InChI is InChI=1S/C20H17F3N4O2/c21-20(22,23)14-5-4-6-15(11-14)24-17(28)12-26-19(29)27(16-7-2-1-3-8-16)18(25-26)13-9-10-13/h1-8,11,13H,9-10,12H2,(H,24,28). The molecule has 150 valence electrons. The van der Waals surface area contributed by atoms with E-state index in [1.165, 1.54) is 16.7 Å². The summed E-state index contributed by atoms with van der Waals surface area (Å²) >= 11 is 0. The lowest BCUT2D eigenvalue weighted by Crippen LogP contribution is -2.29. The van der Waals surface area contributed by atoms with Crippen LogP contribution in [0.3, 0.4) is 0 Å². The maximum atomic E-state index is 12.8. The Hall–Kier alpha value is -3.36. The van der Waals surface area contributed by atoms with E-state index in [0.29, 0.717) is 11.5 Å². The quantitative estimate of drug-likeness (QED) is 0.710. The summed E-state index contributed by atoms with van der Waals surface area (Å²) < 4.78 is 41.0. The van der Waals surface area contributed by atoms with Crippen molar-refractivity contribution in [3.8, 4) is 5.69 Å². The number of nitrogens with one attached hydrogen (secondary N) is 1. The lowest BCUT2D eigenvalue weighted by molar-refractivity contribution is -0.137. The highest BCUT2D eigenvalue weighted by Crippen LogP contribution is 2.39. The first-order valence-electron chi connectivity index (χ1n) is 9.05. The van der Waals surface area contributed by atoms with E-state index in [4.69, 9.17) is 0 Å². The molecule has 29 heavy (non-hydrogen) atoms. The summed E-state index contributed by atoms with van der Waals surface area (Å²) in [5, 5.41) is 6.71. The fraction of sp³-hybridized carbons (Fsp3) is 0.250. The number of anilines is 1. The van der Waals surface area contributed by atoms with Gasteiger partial charge in [-0.2, -0.15) is 18.3 Å². The van der Waals surface area contributed by atoms with Gasteiger partial charge in [0.2, 0.25) is 5.91 Å². The van der Waals surface area contributed by atoms with Gasteiger partial charge in [-0.15, -0.1) is 0 Å². The number of aromatic nitrogens is 3. The second kappa shape index (κ2) is 7.23. The molecule has 0 bridgehead atoms. The maximum Gasteiger partial charge on any atom is 0.416 e. The zero-order valence-electron chi connectivity index (χ0n) is 15.2. The molecule has 0 radical (unpaired) electrons. The third-order valence-electron chi connectivity index (χ3n) is 4.59. The van der Waals surface area contributed by atoms with Gasteiger partial charge in [-0.3, -0.25) is 4.79 Å². The molecule has 0 saturated heterocycles. The second-order valence-electron chi connectivity index (χ2n) is 6.87. The minimum absolute atomic E-state index is 0.00258. The van der Waals surface area contributed by atoms with Gasteiger partial charge < -0.3 is 5.32 Å². The van der Waals surface area contributed by atoms with Gasteiger partial charge in [0.1, 0.15) is 12.4 Å². The van der Waals surface area contributed by atoms with Gasteiger partial charge in [0.05, 0.1) is 11.3 Å². The van der Waals surface area contributed by atoms with Gasteiger partial charge in [0.25, 0.3) is 0 Å². The number of hydrogen-bond acceptors (Lipinski definition) is 3. The Morgan fingerprint density at radius 2 is 1.83 bits per heavy atom. The average molecular weight is 402 g/mol. The van der Waals surface area contributed by atoms with Crippen molar-refractivity contribution < 1.29 is 18.0 Å². The van der Waals surface area contributed by atoms with Gasteiger partial charge >= 0.3 is 11.9 Å². The van der Waals surface area contributed by atoms with Crippen molar-refractivity contribution in [2.24, 2.45) is 0 Å². The molecular formula is C20H17F3N4O2. The molecule has 1 aliphatic rings. The summed E-state index contributed by atoms with van der Waals surface area (Å²) in [5.41, 5.74) is -0.666. The molecule has 1 aromatic heterocycles. The lowest BCUT2D eigenvalue weighted by atomic mass is 10.2. The molecule has 1 saturated carbocycles. The topological polar surface area (TPSA) is 68.9 Å². The molecule has 9 heteroatoms. The van der Waals surface area contributed by atoms with Crippen molar-refractivity contribution in [1.82, 2.24) is 14.3 Å². The van der Waals surface area contributed by atoms with Crippen LogP contribution in [0.5, 0.6) is 0 Å². The summed E-state index contributed by atoms with van der Waals surface area (Å²) in [4.78, 5) is 25.2. The Balaban J connectivity index is 1.57. The summed E-state index contributed by atoms with van der Waals surface area (Å²) in [5.74, 6) is 0.121. The van der Waals surface area contributed by atoms with Crippen LogP contribution in [-0.4, -0.2) is 20.3 Å². The number of rotatable bonds is 5. The van der Waals surface area contributed by atoms with Crippen molar-refractivity contribution in [3.05, 3.63) is 76.5 Å². The van der Waals surface area contributed by atoms with Crippen molar-refractivity contribution in [3.63, 3.8) is 0 Å². The van der Waals surface area contributed by atoms with Crippen LogP contribution in [0.15, 0.2) is 59.4 Å². The SMILES string of the molecule is O=C(Cn1nc(C2CC2)n(-c2ccccc2)c1=O)Nc1cccc(C(F)(F)F)c1. The van der Waals surface area contributed by atoms with E-state index in [0.717, 1.165) is 29.7 Å². The molecule has 1 N–H and O–H groups in total. The van der Waals surface area contributed by atoms with Crippen LogP contribution in [0, 0.1) is 0 Å². The summed E-state index contributed by atoms with van der Waals surface area (Å²) in [7, 11) is 0. The van der Waals surface area contributed by atoms with Gasteiger partial charge in [-0.25, -0.2) is 14.0 Å². The number of alkyl halides is 3. The molecule has 0 atom stereocenters. The van der Waals surface area contributed by atoms with Crippen molar-refractivity contribution >= 4 is 11.6 Å². The average Bonchev–Trinajstić information content (AvgIpc) is 3.47. The molecule has 2 aromatic carbocycles. The highest BCUT2D eigenvalue weighted by atomic mass is 19.4. The molecule has 1 amide bonds. The van der Waals surface area contributed by atoms with Crippen LogP contribution in [0.1, 0.15) is 30.1 Å². The van der Waals surface area contributed by atoms with Gasteiger partial charge in [-0.1, -0.05) is 24.3 Å². The normalized spacial score (nSPS) is 14.0. The highest BCUT2D eigenvalue weighted by Gasteiger charge is 2.32. The van der Waals surface area contributed by atoms with Crippen LogP contribution >= 0.6 is 0 Å². The maximum absolute atomic E-state index is 12.8. The Morgan fingerprint density at radius 3 is 2.48 bits per heavy atom. The second-order valence-corrected chi connectivity index (χ2v) is 6.87.